The number of ether oxygens (including phenoxy) is 2. The number of esters is 2. The molecule has 6 aromatic heterocycles. The summed E-state index contributed by atoms with van der Waals surface area (Å²) in [6.07, 6.45) is 16.7. The van der Waals surface area contributed by atoms with Crippen molar-refractivity contribution in [1.82, 2.24) is 39.5 Å². The van der Waals surface area contributed by atoms with Crippen LogP contribution in [-0.2, 0) is 60.5 Å². The number of halogens is 4. The largest absolute Gasteiger partial charge is 0.753 e. The van der Waals surface area contributed by atoms with E-state index < -0.39 is 23.3 Å². The number of aromatic nitrogens is 8. The topological polar surface area (TPSA) is 184 Å². The van der Waals surface area contributed by atoms with E-state index >= 15 is 0 Å². The second-order valence-electron chi connectivity index (χ2n) is 18.5. The standard InChI is InChI=1S/2C13H10NO2.2C9H5F2N2.2C9H13N.2CNS.2Ir/c2*1-16-13(15)11-7-8-14-12(9-11)10-5-3-2-4-6-10;2*10-7-2-3-9(8(11)6-7)13-5-1-4-12-13;2*1-9(2,3)8-4-6-10-7-5-8;2*2-1-3;;/h2*2-5,7-9H,1H3;2*1-2,4-6H;2*4-7H,1-3H3;;;;/q4*-1;;;2*-1;;. The molecule has 86 heavy (non-hydrogen) atoms. The molecule has 0 aliphatic rings. The van der Waals surface area contributed by atoms with Gasteiger partial charge in [0.1, 0.15) is 0 Å². The number of benzene rings is 4. The zero-order valence-corrected chi connectivity index (χ0v) is 54.0. The Balaban J connectivity index is 0.000000508. The van der Waals surface area contributed by atoms with E-state index in [4.69, 9.17) is 10.8 Å². The Hall–Kier alpha value is -8.54. The summed E-state index contributed by atoms with van der Waals surface area (Å²) < 4.78 is 63.0. The van der Waals surface area contributed by atoms with Crippen LogP contribution in [0.4, 0.5) is 17.6 Å². The van der Waals surface area contributed by atoms with Gasteiger partial charge in [-0.3, -0.25) is 36.9 Å². The minimum atomic E-state index is -0.677. The number of hydrogen-bond acceptors (Lipinski definition) is 12. The predicted molar refractivity (Wildman–Crippen MR) is 322 cm³/mol. The second-order valence-corrected chi connectivity index (χ2v) is 18.8. The van der Waals surface area contributed by atoms with Crippen LogP contribution in [0.5, 0.6) is 0 Å². The molecule has 0 saturated carbocycles. The monoisotopic (exact) mass is 1550 g/mol. The molecule has 22 heteroatoms. The summed E-state index contributed by atoms with van der Waals surface area (Å²) in [7, 11) is 2.72. The van der Waals surface area contributed by atoms with Gasteiger partial charge in [-0.2, -0.15) is 32.7 Å². The first-order chi connectivity index (χ1) is 40.2. The fourth-order valence-electron chi connectivity index (χ4n) is 6.48. The van der Waals surface area contributed by atoms with Crippen LogP contribution in [0.2, 0.25) is 0 Å². The second kappa shape index (κ2) is 40.7. The normalized spacial score (nSPS) is 9.63. The maximum absolute atomic E-state index is 13.1. The van der Waals surface area contributed by atoms with Gasteiger partial charge in [0.05, 0.1) is 25.3 Å². The van der Waals surface area contributed by atoms with Crippen LogP contribution in [0, 0.1) is 47.5 Å². The van der Waals surface area contributed by atoms with Gasteiger partial charge in [-0.25, -0.2) is 9.59 Å². The van der Waals surface area contributed by atoms with Crippen molar-refractivity contribution < 1.29 is 76.8 Å². The number of carbonyl (C=O) groups excluding carboxylic acids is 2. The van der Waals surface area contributed by atoms with E-state index in [9.17, 15) is 27.2 Å². The third-order valence-electron chi connectivity index (χ3n) is 10.6. The third kappa shape index (κ3) is 27.4. The summed E-state index contributed by atoms with van der Waals surface area (Å²) in [5.74, 6) is -3.37. The van der Waals surface area contributed by atoms with E-state index in [1.165, 1.54) is 57.4 Å². The van der Waals surface area contributed by atoms with Gasteiger partial charge >= 0.3 is 11.9 Å². The van der Waals surface area contributed by atoms with Crippen molar-refractivity contribution in [2.45, 2.75) is 52.4 Å². The summed E-state index contributed by atoms with van der Waals surface area (Å²) in [4.78, 5) is 39.0. The first-order valence-corrected chi connectivity index (χ1v) is 25.6. The van der Waals surface area contributed by atoms with E-state index in [2.05, 4.69) is 154 Å². The molecule has 0 amide bonds. The molecule has 0 unspecified atom stereocenters. The van der Waals surface area contributed by atoms with Crippen LogP contribution in [0.15, 0.2) is 195 Å². The molecule has 0 aliphatic heterocycles. The minimum Gasteiger partial charge on any atom is -0.753 e. The smallest absolute Gasteiger partial charge is 0.337 e. The van der Waals surface area contributed by atoms with Gasteiger partial charge in [-0.05, 0) is 93.3 Å². The number of nitrogens with zero attached hydrogens (tertiary/aromatic N) is 10. The van der Waals surface area contributed by atoms with Crippen LogP contribution in [-0.4, -0.2) is 76.0 Å². The number of rotatable bonds is 6. The van der Waals surface area contributed by atoms with Crippen molar-refractivity contribution >= 4 is 46.7 Å². The SMILES string of the molecule is CC(C)(C)c1ccncc1.CC(C)(C)c1ccncc1.COC(=O)c1ccnc(-c2[c-]cccc2)c1.COC(=O)c1ccnc(-c2[c-]cccc2)c1.Fc1c[c-]c(-n2cccn2)c(F)c1.Fc1c[c-]c(-n2cccn2)c(F)c1.[Ir].[Ir].[N-]=C=S.[N-]=C=S. The summed E-state index contributed by atoms with van der Waals surface area (Å²) in [6, 6.07) is 47.9. The molecule has 0 atom stereocenters. The molecule has 0 spiro atoms. The summed E-state index contributed by atoms with van der Waals surface area (Å²) in [5, 5.41) is 24.5. The first-order valence-electron chi connectivity index (χ1n) is 24.8. The Morgan fingerprint density at radius 3 is 1.12 bits per heavy atom. The average Bonchev–Trinajstić information content (AvgIpc) is 4.44. The molecule has 0 saturated heterocycles. The van der Waals surface area contributed by atoms with E-state index in [0.717, 1.165) is 35.4 Å². The Kier molecular flexibility index (Phi) is 35.7. The molecular formula is C64H56F4Ir2N10O4S2-6. The quantitative estimate of drug-likeness (QED) is 0.0505. The van der Waals surface area contributed by atoms with Crippen LogP contribution >= 0.6 is 24.4 Å². The molecule has 4 aromatic carbocycles. The van der Waals surface area contributed by atoms with Gasteiger partial charge in [0, 0.05) is 125 Å². The van der Waals surface area contributed by atoms with Gasteiger partial charge < -0.3 is 30.3 Å². The molecule has 450 valence electrons. The fraction of sp³-hybridized carbons (Fsp3) is 0.156. The maximum Gasteiger partial charge on any atom is 0.337 e. The van der Waals surface area contributed by atoms with Crippen molar-refractivity contribution in [1.29, 1.82) is 0 Å². The average molecular weight is 1550 g/mol. The number of pyridine rings is 4. The van der Waals surface area contributed by atoms with Crippen molar-refractivity contribution in [3.8, 4) is 33.9 Å². The molecule has 0 bridgehead atoms. The number of methoxy groups -OCH3 is 2. The minimum absolute atomic E-state index is 0. The molecule has 14 nitrogen and oxygen atoms in total. The Labute approximate surface area is 535 Å². The van der Waals surface area contributed by atoms with Gasteiger partial charge in [0.15, 0.2) is 0 Å². The van der Waals surface area contributed by atoms with E-state index in [1.54, 1.807) is 61.2 Å². The van der Waals surface area contributed by atoms with Crippen LogP contribution in [0.3, 0.4) is 0 Å². The summed E-state index contributed by atoms with van der Waals surface area (Å²) >= 11 is 7.40. The van der Waals surface area contributed by atoms with Gasteiger partial charge in [0.25, 0.3) is 0 Å². The van der Waals surface area contributed by atoms with Crippen LogP contribution in [0.1, 0.15) is 73.4 Å². The Bertz CT molecular complexity index is 3360. The molecule has 0 fully saturated rings. The van der Waals surface area contributed by atoms with E-state index in [0.29, 0.717) is 22.5 Å². The predicted octanol–water partition coefficient (Wildman–Crippen LogP) is 14.6. The number of thiocarbonyl (C=S) groups is 2. The molecule has 10 rings (SSSR count). The molecule has 0 N–H and O–H groups in total. The van der Waals surface area contributed by atoms with E-state index in [1.807, 2.05) is 73.3 Å². The number of isothiocyanates is 2. The third-order valence-corrected chi connectivity index (χ3v) is 10.6. The van der Waals surface area contributed by atoms with Crippen molar-refractivity contribution in [3.63, 3.8) is 0 Å². The molecule has 6 heterocycles. The number of hydrogen-bond donors (Lipinski definition) is 0. The summed E-state index contributed by atoms with van der Waals surface area (Å²) in [5.41, 5.74) is 7.53. The van der Waals surface area contributed by atoms with Crippen molar-refractivity contribution in [2.24, 2.45) is 0 Å². The Morgan fingerprint density at radius 1 is 0.512 bits per heavy atom. The zero-order valence-electron chi connectivity index (χ0n) is 47.6. The molecule has 2 radical (unpaired) electrons. The van der Waals surface area contributed by atoms with Crippen molar-refractivity contribution in [3.05, 3.63) is 276 Å². The first kappa shape index (κ1) is 75.5. The van der Waals surface area contributed by atoms with Crippen molar-refractivity contribution in [2.75, 3.05) is 14.2 Å². The molecular weight excluding hydrogens is 1500 g/mol. The molecule has 10 aromatic rings. The van der Waals surface area contributed by atoms with Gasteiger partial charge in [-0.1, -0.05) is 78.1 Å². The number of carbonyl (C=O) groups is 2. The maximum atomic E-state index is 13.1. The van der Waals surface area contributed by atoms with E-state index in [-0.39, 0.29) is 74.4 Å². The van der Waals surface area contributed by atoms with Crippen LogP contribution < -0.4 is 0 Å². The fourth-order valence-corrected chi connectivity index (χ4v) is 6.48. The van der Waals surface area contributed by atoms with Gasteiger partial charge in [-0.15, -0.1) is 96.1 Å². The molecule has 0 aliphatic carbocycles. The zero-order chi connectivity index (χ0) is 61.9. The summed E-state index contributed by atoms with van der Waals surface area (Å²) in [6.45, 7) is 13.2. The Morgan fingerprint density at radius 2 is 0.860 bits per heavy atom. The van der Waals surface area contributed by atoms with Crippen LogP contribution in [0.25, 0.3) is 44.7 Å². The van der Waals surface area contributed by atoms with Gasteiger partial charge in [0.2, 0.25) is 0 Å².